The summed E-state index contributed by atoms with van der Waals surface area (Å²) in [6.07, 6.45) is 0. The number of rotatable bonds is 2. The molecule has 0 radical (unpaired) electrons. The number of thiophene rings is 1. The summed E-state index contributed by atoms with van der Waals surface area (Å²) in [6, 6.07) is 1.78. The average molecular weight is 227 g/mol. The fourth-order valence-electron chi connectivity index (χ4n) is 1.46. The standard InChI is InChI=1S/C10H13NO3S/c1-13-8-6-9(15-7-8)10(12)11-2-4-14-5-3-11/h6-7H,2-5H2,1H3. The van der Waals surface area contributed by atoms with Crippen LogP contribution in [0.25, 0.3) is 0 Å². The van der Waals surface area contributed by atoms with Gasteiger partial charge in [-0.1, -0.05) is 0 Å². The van der Waals surface area contributed by atoms with E-state index in [4.69, 9.17) is 9.47 Å². The van der Waals surface area contributed by atoms with Gasteiger partial charge in [0.15, 0.2) is 0 Å². The number of ether oxygens (including phenoxy) is 2. The minimum atomic E-state index is 0.0756. The Kier molecular flexibility index (Phi) is 3.23. The van der Waals surface area contributed by atoms with Gasteiger partial charge in [0.2, 0.25) is 0 Å². The Balaban J connectivity index is 2.05. The topological polar surface area (TPSA) is 38.8 Å². The van der Waals surface area contributed by atoms with Crippen molar-refractivity contribution in [3.8, 4) is 5.75 Å². The first-order valence-corrected chi connectivity index (χ1v) is 5.69. The van der Waals surface area contributed by atoms with Crippen LogP contribution in [0.5, 0.6) is 5.75 Å². The van der Waals surface area contributed by atoms with Crippen molar-refractivity contribution >= 4 is 17.2 Å². The first kappa shape index (κ1) is 10.4. The summed E-state index contributed by atoms with van der Waals surface area (Å²) in [5.74, 6) is 0.822. The van der Waals surface area contributed by atoms with Crippen molar-refractivity contribution in [3.05, 3.63) is 16.3 Å². The minimum absolute atomic E-state index is 0.0756. The molecule has 2 rings (SSSR count). The molecule has 0 unspecified atom stereocenters. The van der Waals surface area contributed by atoms with Crippen molar-refractivity contribution in [3.63, 3.8) is 0 Å². The van der Waals surface area contributed by atoms with Crippen LogP contribution in [0.2, 0.25) is 0 Å². The van der Waals surface area contributed by atoms with Gasteiger partial charge >= 0.3 is 0 Å². The molecule has 1 fully saturated rings. The molecule has 1 aromatic rings. The predicted octanol–water partition coefficient (Wildman–Crippen LogP) is 1.23. The van der Waals surface area contributed by atoms with Crippen LogP contribution in [0.4, 0.5) is 0 Å². The smallest absolute Gasteiger partial charge is 0.264 e. The van der Waals surface area contributed by atoms with Gasteiger partial charge in [-0.05, 0) is 0 Å². The summed E-state index contributed by atoms with van der Waals surface area (Å²) in [6.45, 7) is 2.63. The van der Waals surface area contributed by atoms with Crippen molar-refractivity contribution in [2.75, 3.05) is 33.4 Å². The number of carbonyl (C=O) groups is 1. The summed E-state index contributed by atoms with van der Waals surface area (Å²) >= 11 is 1.42. The van der Waals surface area contributed by atoms with Crippen LogP contribution in [0, 0.1) is 0 Å². The van der Waals surface area contributed by atoms with Crippen LogP contribution in [-0.4, -0.2) is 44.2 Å². The fraction of sp³-hybridized carbons (Fsp3) is 0.500. The molecular weight excluding hydrogens is 214 g/mol. The molecule has 2 heterocycles. The normalized spacial score (nSPS) is 16.5. The third-order valence-corrected chi connectivity index (χ3v) is 3.22. The maximum absolute atomic E-state index is 12.0. The van der Waals surface area contributed by atoms with E-state index in [1.165, 1.54) is 11.3 Å². The Morgan fingerprint density at radius 1 is 1.53 bits per heavy atom. The Labute approximate surface area is 92.4 Å². The lowest BCUT2D eigenvalue weighted by atomic mass is 10.3. The van der Waals surface area contributed by atoms with Crippen LogP contribution in [-0.2, 0) is 4.74 Å². The van der Waals surface area contributed by atoms with Gasteiger partial charge in [-0.15, -0.1) is 11.3 Å². The fourth-order valence-corrected chi connectivity index (χ4v) is 2.28. The van der Waals surface area contributed by atoms with E-state index in [1.54, 1.807) is 13.2 Å². The molecule has 0 N–H and O–H groups in total. The zero-order valence-corrected chi connectivity index (χ0v) is 9.38. The third kappa shape index (κ3) is 2.30. The molecule has 0 bridgehead atoms. The number of carbonyl (C=O) groups excluding carboxylic acids is 1. The molecule has 0 atom stereocenters. The highest BCUT2D eigenvalue weighted by atomic mass is 32.1. The van der Waals surface area contributed by atoms with E-state index in [0.717, 1.165) is 10.6 Å². The number of hydrogen-bond donors (Lipinski definition) is 0. The minimum Gasteiger partial charge on any atom is -0.496 e. The van der Waals surface area contributed by atoms with E-state index < -0.39 is 0 Å². The molecule has 0 spiro atoms. The summed E-state index contributed by atoms with van der Waals surface area (Å²) in [5.41, 5.74) is 0. The Hall–Kier alpha value is -1.07. The third-order valence-electron chi connectivity index (χ3n) is 2.32. The molecule has 1 aliphatic heterocycles. The lowest BCUT2D eigenvalue weighted by molar-refractivity contribution is 0.0306. The van der Waals surface area contributed by atoms with E-state index >= 15 is 0 Å². The van der Waals surface area contributed by atoms with Gasteiger partial charge in [0.05, 0.1) is 25.2 Å². The summed E-state index contributed by atoms with van der Waals surface area (Å²) in [4.78, 5) is 14.5. The molecule has 0 aliphatic carbocycles. The highest BCUT2D eigenvalue weighted by Crippen LogP contribution is 2.22. The molecule has 1 aromatic heterocycles. The lowest BCUT2D eigenvalue weighted by Crippen LogP contribution is -2.40. The van der Waals surface area contributed by atoms with Crippen molar-refractivity contribution in [1.29, 1.82) is 0 Å². The zero-order valence-electron chi connectivity index (χ0n) is 8.56. The van der Waals surface area contributed by atoms with E-state index in [2.05, 4.69) is 0 Å². The number of methoxy groups -OCH3 is 1. The maximum Gasteiger partial charge on any atom is 0.264 e. The maximum atomic E-state index is 12.0. The van der Waals surface area contributed by atoms with Crippen molar-refractivity contribution in [2.24, 2.45) is 0 Å². The number of hydrogen-bond acceptors (Lipinski definition) is 4. The van der Waals surface area contributed by atoms with E-state index in [1.807, 2.05) is 10.3 Å². The van der Waals surface area contributed by atoms with Gasteiger partial charge in [0, 0.05) is 24.5 Å². The lowest BCUT2D eigenvalue weighted by Gasteiger charge is -2.26. The van der Waals surface area contributed by atoms with Gasteiger partial charge in [0.1, 0.15) is 5.75 Å². The predicted molar refractivity (Wildman–Crippen MR) is 57.6 cm³/mol. The molecule has 82 valence electrons. The second-order valence-corrected chi connectivity index (χ2v) is 4.17. The molecule has 15 heavy (non-hydrogen) atoms. The SMILES string of the molecule is COc1csc(C(=O)N2CCOCC2)c1. The molecule has 1 aliphatic rings. The molecule has 4 nitrogen and oxygen atoms in total. The van der Waals surface area contributed by atoms with Crippen LogP contribution in [0.1, 0.15) is 9.67 Å². The van der Waals surface area contributed by atoms with Crippen molar-refractivity contribution in [2.45, 2.75) is 0 Å². The second-order valence-electron chi connectivity index (χ2n) is 3.26. The van der Waals surface area contributed by atoms with Crippen LogP contribution < -0.4 is 4.74 Å². The van der Waals surface area contributed by atoms with Gasteiger partial charge in [0.25, 0.3) is 5.91 Å². The molecule has 0 aromatic carbocycles. The van der Waals surface area contributed by atoms with Crippen LogP contribution in [0.15, 0.2) is 11.4 Å². The highest BCUT2D eigenvalue weighted by Gasteiger charge is 2.19. The number of morpholine rings is 1. The summed E-state index contributed by atoms with van der Waals surface area (Å²) < 4.78 is 10.2. The van der Waals surface area contributed by atoms with E-state index in [0.29, 0.717) is 26.3 Å². The number of nitrogens with zero attached hydrogens (tertiary/aromatic N) is 1. The largest absolute Gasteiger partial charge is 0.496 e. The molecule has 1 amide bonds. The Morgan fingerprint density at radius 2 is 2.27 bits per heavy atom. The quantitative estimate of drug-likeness (QED) is 0.762. The first-order valence-electron chi connectivity index (χ1n) is 4.81. The monoisotopic (exact) mass is 227 g/mol. The highest BCUT2D eigenvalue weighted by molar-refractivity contribution is 7.12. The van der Waals surface area contributed by atoms with Crippen molar-refractivity contribution in [1.82, 2.24) is 4.90 Å². The zero-order chi connectivity index (χ0) is 10.7. The van der Waals surface area contributed by atoms with Gasteiger partial charge in [-0.3, -0.25) is 4.79 Å². The van der Waals surface area contributed by atoms with Crippen LogP contribution in [0.3, 0.4) is 0 Å². The van der Waals surface area contributed by atoms with Gasteiger partial charge in [-0.2, -0.15) is 0 Å². The van der Waals surface area contributed by atoms with E-state index in [9.17, 15) is 4.79 Å². The number of amides is 1. The molecule has 1 saturated heterocycles. The first-order chi connectivity index (χ1) is 7.31. The van der Waals surface area contributed by atoms with Gasteiger partial charge in [-0.25, -0.2) is 0 Å². The Bertz CT molecular complexity index is 344. The average Bonchev–Trinajstić information content (AvgIpc) is 2.78. The van der Waals surface area contributed by atoms with E-state index in [-0.39, 0.29) is 5.91 Å². The summed E-state index contributed by atoms with van der Waals surface area (Å²) in [7, 11) is 1.60. The Morgan fingerprint density at radius 3 is 2.87 bits per heavy atom. The molecular formula is C10H13NO3S. The molecule has 5 heteroatoms. The van der Waals surface area contributed by atoms with Crippen LogP contribution >= 0.6 is 11.3 Å². The van der Waals surface area contributed by atoms with Crippen molar-refractivity contribution < 1.29 is 14.3 Å². The second kappa shape index (κ2) is 4.63. The summed E-state index contributed by atoms with van der Waals surface area (Å²) in [5, 5.41) is 1.84. The van der Waals surface area contributed by atoms with Gasteiger partial charge < -0.3 is 14.4 Å². The molecule has 0 saturated carbocycles.